The second kappa shape index (κ2) is 5.97. The highest BCUT2D eigenvalue weighted by Gasteiger charge is 2.46. The van der Waals surface area contributed by atoms with Crippen LogP contribution in [-0.4, -0.2) is 36.7 Å². The highest BCUT2D eigenvalue weighted by atomic mass is 16.7. The Balaban J connectivity index is 1.80. The van der Waals surface area contributed by atoms with Crippen molar-refractivity contribution in [1.82, 2.24) is 0 Å². The predicted molar refractivity (Wildman–Crippen MR) is 101 cm³/mol. The molecule has 1 aliphatic carbocycles. The van der Waals surface area contributed by atoms with Gasteiger partial charge >= 0.3 is 0 Å². The van der Waals surface area contributed by atoms with Gasteiger partial charge in [0.2, 0.25) is 11.6 Å². The molecule has 7 heteroatoms. The standard InChI is InChI=1S/C22H20O7/c1-22-6-4-5-13(28-22)18-15(29-22)9-12-17(21(18)27-3)20(25)16-11(19(12)24)7-10(23)8-14(16)26-2/h7-9,13,23H,4-6H2,1-3H3. The number of hydrogen-bond donors (Lipinski definition) is 1. The first-order valence-corrected chi connectivity index (χ1v) is 9.49. The van der Waals surface area contributed by atoms with Gasteiger partial charge in [0.1, 0.15) is 23.0 Å². The maximum absolute atomic E-state index is 13.5. The average molecular weight is 396 g/mol. The molecule has 2 bridgehead atoms. The molecule has 3 aliphatic rings. The fourth-order valence-corrected chi connectivity index (χ4v) is 4.64. The zero-order valence-corrected chi connectivity index (χ0v) is 16.3. The largest absolute Gasteiger partial charge is 0.508 e. The van der Waals surface area contributed by atoms with Gasteiger partial charge in [-0.3, -0.25) is 9.59 Å². The quantitative estimate of drug-likeness (QED) is 0.708. The van der Waals surface area contributed by atoms with Crippen molar-refractivity contribution < 1.29 is 33.6 Å². The van der Waals surface area contributed by atoms with E-state index in [0.717, 1.165) is 19.3 Å². The lowest BCUT2D eigenvalue weighted by molar-refractivity contribution is -0.243. The molecular weight excluding hydrogens is 376 g/mol. The van der Waals surface area contributed by atoms with Crippen LogP contribution < -0.4 is 14.2 Å². The van der Waals surface area contributed by atoms with Crippen LogP contribution in [0, 0.1) is 0 Å². The van der Waals surface area contributed by atoms with Gasteiger partial charge in [-0.05, 0) is 25.0 Å². The molecule has 2 atom stereocenters. The van der Waals surface area contributed by atoms with Crippen LogP contribution in [0.2, 0.25) is 0 Å². The average Bonchev–Trinajstić information content (AvgIpc) is 2.69. The predicted octanol–water partition coefficient (Wildman–Crippen LogP) is 3.54. The first-order chi connectivity index (χ1) is 13.9. The summed E-state index contributed by atoms with van der Waals surface area (Å²) in [5.41, 5.74) is 1.24. The summed E-state index contributed by atoms with van der Waals surface area (Å²) in [7, 11) is 2.85. The normalized spacial score (nSPS) is 24.2. The lowest BCUT2D eigenvalue weighted by Crippen LogP contribution is -2.44. The van der Waals surface area contributed by atoms with Crippen molar-refractivity contribution in [3.63, 3.8) is 0 Å². The van der Waals surface area contributed by atoms with Crippen LogP contribution in [0.15, 0.2) is 18.2 Å². The minimum absolute atomic E-state index is 0.0971. The summed E-state index contributed by atoms with van der Waals surface area (Å²) >= 11 is 0. The van der Waals surface area contributed by atoms with E-state index in [1.165, 1.54) is 26.4 Å². The minimum Gasteiger partial charge on any atom is -0.508 e. The summed E-state index contributed by atoms with van der Waals surface area (Å²) in [5.74, 6) is -0.772. The number of ether oxygens (including phenoxy) is 4. The van der Waals surface area contributed by atoms with Gasteiger partial charge in [-0.2, -0.15) is 0 Å². The molecule has 1 fully saturated rings. The fourth-order valence-electron chi connectivity index (χ4n) is 4.64. The molecule has 7 nitrogen and oxygen atoms in total. The van der Waals surface area contributed by atoms with E-state index >= 15 is 0 Å². The van der Waals surface area contributed by atoms with Gasteiger partial charge in [0, 0.05) is 30.5 Å². The Morgan fingerprint density at radius 1 is 1.07 bits per heavy atom. The zero-order valence-electron chi connectivity index (χ0n) is 16.3. The zero-order chi connectivity index (χ0) is 20.5. The van der Waals surface area contributed by atoms with Crippen LogP contribution in [0.1, 0.15) is 69.7 Å². The van der Waals surface area contributed by atoms with E-state index in [4.69, 9.17) is 18.9 Å². The third-order valence-electron chi connectivity index (χ3n) is 5.87. The molecule has 150 valence electrons. The van der Waals surface area contributed by atoms with E-state index in [9.17, 15) is 14.7 Å². The monoisotopic (exact) mass is 396 g/mol. The van der Waals surface area contributed by atoms with Crippen LogP contribution in [0.25, 0.3) is 0 Å². The van der Waals surface area contributed by atoms with Crippen molar-refractivity contribution in [2.24, 2.45) is 0 Å². The number of benzene rings is 2. The number of fused-ring (bicyclic) bond motifs is 6. The van der Waals surface area contributed by atoms with Crippen molar-refractivity contribution in [3.05, 3.63) is 46.0 Å². The highest BCUT2D eigenvalue weighted by Crippen LogP contribution is 2.53. The summed E-state index contributed by atoms with van der Waals surface area (Å²) in [6, 6.07) is 4.21. The van der Waals surface area contributed by atoms with Crippen LogP contribution in [0.3, 0.4) is 0 Å². The van der Waals surface area contributed by atoms with E-state index in [0.29, 0.717) is 17.1 Å². The smallest absolute Gasteiger partial charge is 0.208 e. The van der Waals surface area contributed by atoms with Gasteiger partial charge in [-0.15, -0.1) is 0 Å². The van der Waals surface area contributed by atoms with E-state index in [1.54, 1.807) is 6.07 Å². The molecule has 1 N–H and O–H groups in total. The Hall–Kier alpha value is -3.06. The topological polar surface area (TPSA) is 91.3 Å². The van der Waals surface area contributed by atoms with Crippen molar-refractivity contribution >= 4 is 11.6 Å². The third kappa shape index (κ3) is 2.40. The molecule has 0 saturated carbocycles. The first kappa shape index (κ1) is 18.0. The molecule has 2 aromatic carbocycles. The Labute approximate surface area is 167 Å². The molecule has 0 aromatic heterocycles. The van der Waals surface area contributed by atoms with Crippen LogP contribution >= 0.6 is 0 Å². The minimum atomic E-state index is -0.768. The maximum atomic E-state index is 13.5. The van der Waals surface area contributed by atoms with Gasteiger partial charge in [-0.1, -0.05) is 0 Å². The number of hydrogen-bond acceptors (Lipinski definition) is 7. The number of phenolic OH excluding ortho intramolecular Hbond substituents is 1. The van der Waals surface area contributed by atoms with Gasteiger partial charge in [0.25, 0.3) is 0 Å². The molecule has 5 rings (SSSR count). The Kier molecular flexibility index (Phi) is 3.70. The molecule has 0 spiro atoms. The second-order valence-electron chi connectivity index (χ2n) is 7.71. The van der Waals surface area contributed by atoms with Crippen molar-refractivity contribution in [2.75, 3.05) is 14.2 Å². The van der Waals surface area contributed by atoms with Crippen molar-refractivity contribution in [1.29, 1.82) is 0 Å². The lowest BCUT2D eigenvalue weighted by Gasteiger charge is -2.44. The summed E-state index contributed by atoms with van der Waals surface area (Å²) in [6.45, 7) is 1.87. The van der Waals surface area contributed by atoms with E-state index in [2.05, 4.69) is 0 Å². The summed E-state index contributed by atoms with van der Waals surface area (Å²) in [5, 5.41) is 9.98. The van der Waals surface area contributed by atoms with Crippen LogP contribution in [0.5, 0.6) is 23.0 Å². The summed E-state index contributed by atoms with van der Waals surface area (Å²) < 4.78 is 23.1. The van der Waals surface area contributed by atoms with Gasteiger partial charge < -0.3 is 24.1 Å². The van der Waals surface area contributed by atoms with E-state index in [-0.39, 0.29) is 39.9 Å². The number of aromatic hydroxyl groups is 1. The van der Waals surface area contributed by atoms with E-state index < -0.39 is 17.4 Å². The SMILES string of the molecule is COc1cc(O)cc2c1C(=O)c1c(cc3c(c1OC)C1CCCC(C)(O3)O1)C2=O. The molecule has 2 heterocycles. The van der Waals surface area contributed by atoms with Gasteiger partial charge in [0.15, 0.2) is 5.78 Å². The Morgan fingerprint density at radius 2 is 1.83 bits per heavy atom. The summed E-state index contributed by atoms with van der Waals surface area (Å²) in [6.07, 6.45) is 2.16. The second-order valence-corrected chi connectivity index (χ2v) is 7.71. The van der Waals surface area contributed by atoms with Gasteiger partial charge in [-0.25, -0.2) is 0 Å². The number of carbonyl (C=O) groups is 2. The first-order valence-electron chi connectivity index (χ1n) is 9.49. The number of methoxy groups -OCH3 is 2. The highest BCUT2D eigenvalue weighted by molar-refractivity contribution is 6.30. The number of ketones is 2. The third-order valence-corrected chi connectivity index (χ3v) is 5.87. The number of carbonyl (C=O) groups excluding carboxylic acids is 2. The van der Waals surface area contributed by atoms with Crippen molar-refractivity contribution in [3.8, 4) is 23.0 Å². The van der Waals surface area contributed by atoms with E-state index in [1.807, 2.05) is 6.92 Å². The molecule has 2 aromatic rings. The molecule has 29 heavy (non-hydrogen) atoms. The number of phenols is 1. The van der Waals surface area contributed by atoms with Crippen LogP contribution in [-0.2, 0) is 4.74 Å². The summed E-state index contributed by atoms with van der Waals surface area (Å²) in [4.78, 5) is 26.8. The molecule has 0 amide bonds. The number of rotatable bonds is 2. The van der Waals surface area contributed by atoms with Crippen LogP contribution in [0.4, 0.5) is 0 Å². The van der Waals surface area contributed by atoms with Crippen molar-refractivity contribution in [2.45, 2.75) is 38.1 Å². The Bertz CT molecular complexity index is 1090. The molecule has 2 unspecified atom stereocenters. The molecule has 2 aliphatic heterocycles. The maximum Gasteiger partial charge on any atom is 0.208 e. The lowest BCUT2D eigenvalue weighted by atomic mass is 9.80. The molecule has 1 saturated heterocycles. The Morgan fingerprint density at radius 3 is 2.55 bits per heavy atom. The molecular formula is C22H20O7. The fraction of sp³-hybridized carbons (Fsp3) is 0.364. The van der Waals surface area contributed by atoms with Gasteiger partial charge in [0.05, 0.1) is 37.0 Å². The molecule has 0 radical (unpaired) electrons.